The van der Waals surface area contributed by atoms with Crippen LogP contribution in [0.25, 0.3) is 0 Å². The SMILES string of the molecule is CC(C)c1nccn1Cc1c(N)cccc1F. The molecular formula is C13H16FN3. The summed E-state index contributed by atoms with van der Waals surface area (Å²) in [5, 5.41) is 0. The lowest BCUT2D eigenvalue weighted by atomic mass is 10.1. The molecule has 0 bridgehead atoms. The Bertz CT molecular complexity index is 497. The molecule has 0 fully saturated rings. The van der Waals surface area contributed by atoms with Crippen molar-refractivity contribution >= 4 is 5.69 Å². The van der Waals surface area contributed by atoms with E-state index in [1.165, 1.54) is 6.07 Å². The lowest BCUT2D eigenvalue weighted by molar-refractivity contribution is 0.590. The molecule has 17 heavy (non-hydrogen) atoms. The highest BCUT2D eigenvalue weighted by atomic mass is 19.1. The number of benzene rings is 1. The Kier molecular flexibility index (Phi) is 3.13. The largest absolute Gasteiger partial charge is 0.398 e. The van der Waals surface area contributed by atoms with Gasteiger partial charge in [0.05, 0.1) is 6.54 Å². The molecule has 0 aliphatic heterocycles. The van der Waals surface area contributed by atoms with E-state index in [4.69, 9.17) is 5.73 Å². The minimum atomic E-state index is -0.270. The van der Waals surface area contributed by atoms with Gasteiger partial charge in [-0.05, 0) is 12.1 Å². The maximum absolute atomic E-state index is 13.7. The molecule has 0 aliphatic rings. The molecule has 0 atom stereocenters. The van der Waals surface area contributed by atoms with Crippen molar-refractivity contribution in [1.29, 1.82) is 0 Å². The lowest BCUT2D eigenvalue weighted by Crippen LogP contribution is -2.09. The Labute approximate surface area is 100 Å². The number of halogens is 1. The van der Waals surface area contributed by atoms with Crippen LogP contribution in [0.5, 0.6) is 0 Å². The van der Waals surface area contributed by atoms with Gasteiger partial charge in [-0.3, -0.25) is 0 Å². The van der Waals surface area contributed by atoms with Crippen LogP contribution in [-0.4, -0.2) is 9.55 Å². The fourth-order valence-electron chi connectivity index (χ4n) is 1.87. The smallest absolute Gasteiger partial charge is 0.130 e. The van der Waals surface area contributed by atoms with E-state index in [9.17, 15) is 4.39 Å². The van der Waals surface area contributed by atoms with Crippen molar-refractivity contribution < 1.29 is 4.39 Å². The summed E-state index contributed by atoms with van der Waals surface area (Å²) in [6.45, 7) is 4.54. The Balaban J connectivity index is 2.35. The summed E-state index contributed by atoms with van der Waals surface area (Å²) in [5.74, 6) is 0.971. The van der Waals surface area contributed by atoms with Crippen LogP contribution >= 0.6 is 0 Å². The third-order valence-electron chi connectivity index (χ3n) is 2.75. The predicted octanol–water partition coefficient (Wildman–Crippen LogP) is 2.78. The van der Waals surface area contributed by atoms with Crippen molar-refractivity contribution in [2.75, 3.05) is 5.73 Å². The van der Waals surface area contributed by atoms with Gasteiger partial charge < -0.3 is 10.3 Å². The van der Waals surface area contributed by atoms with Crippen molar-refractivity contribution in [1.82, 2.24) is 9.55 Å². The van der Waals surface area contributed by atoms with Gasteiger partial charge in [-0.15, -0.1) is 0 Å². The maximum Gasteiger partial charge on any atom is 0.130 e. The zero-order valence-corrected chi connectivity index (χ0v) is 10.0. The summed E-state index contributed by atoms with van der Waals surface area (Å²) in [4.78, 5) is 4.27. The van der Waals surface area contributed by atoms with Crippen LogP contribution in [0.1, 0.15) is 31.2 Å². The second kappa shape index (κ2) is 4.57. The monoisotopic (exact) mass is 233 g/mol. The molecule has 4 heteroatoms. The molecule has 0 aliphatic carbocycles. The molecule has 1 aromatic heterocycles. The average molecular weight is 233 g/mol. The zero-order valence-electron chi connectivity index (χ0n) is 10.0. The third kappa shape index (κ3) is 2.30. The van der Waals surface area contributed by atoms with Gasteiger partial charge in [0.1, 0.15) is 11.6 Å². The molecule has 0 spiro atoms. The highest BCUT2D eigenvalue weighted by molar-refractivity contribution is 5.47. The summed E-state index contributed by atoms with van der Waals surface area (Å²) < 4.78 is 15.6. The molecule has 0 amide bonds. The average Bonchev–Trinajstić information content (AvgIpc) is 2.72. The molecule has 2 rings (SSSR count). The number of aromatic nitrogens is 2. The van der Waals surface area contributed by atoms with Gasteiger partial charge in [-0.25, -0.2) is 9.37 Å². The van der Waals surface area contributed by atoms with Crippen molar-refractivity contribution in [3.05, 3.63) is 47.8 Å². The summed E-state index contributed by atoms with van der Waals surface area (Å²) in [7, 11) is 0. The third-order valence-corrected chi connectivity index (χ3v) is 2.75. The molecule has 0 saturated heterocycles. The van der Waals surface area contributed by atoms with Crippen molar-refractivity contribution in [2.24, 2.45) is 0 Å². The maximum atomic E-state index is 13.7. The first-order chi connectivity index (χ1) is 8.09. The molecule has 1 aromatic carbocycles. The molecule has 0 saturated carbocycles. The van der Waals surface area contributed by atoms with E-state index in [2.05, 4.69) is 18.8 Å². The number of imidazole rings is 1. The Morgan fingerprint density at radius 2 is 2.18 bits per heavy atom. The van der Waals surface area contributed by atoms with Crippen LogP contribution in [0, 0.1) is 5.82 Å². The number of hydrogen-bond acceptors (Lipinski definition) is 2. The second-order valence-electron chi connectivity index (χ2n) is 4.38. The highest BCUT2D eigenvalue weighted by Gasteiger charge is 2.11. The summed E-state index contributed by atoms with van der Waals surface area (Å²) >= 11 is 0. The number of nitrogen functional groups attached to an aromatic ring is 1. The fourth-order valence-corrected chi connectivity index (χ4v) is 1.87. The van der Waals surface area contributed by atoms with E-state index in [0.29, 0.717) is 23.7 Å². The Hall–Kier alpha value is -1.84. The van der Waals surface area contributed by atoms with E-state index in [-0.39, 0.29) is 5.82 Å². The molecule has 2 aromatic rings. The molecule has 2 N–H and O–H groups in total. The first kappa shape index (κ1) is 11.6. The van der Waals surface area contributed by atoms with Crippen molar-refractivity contribution in [3.8, 4) is 0 Å². The molecular weight excluding hydrogens is 217 g/mol. The molecule has 0 radical (unpaired) electrons. The van der Waals surface area contributed by atoms with Gasteiger partial charge in [0.15, 0.2) is 0 Å². The number of hydrogen-bond donors (Lipinski definition) is 1. The van der Waals surface area contributed by atoms with Gasteiger partial charge >= 0.3 is 0 Å². The minimum Gasteiger partial charge on any atom is -0.398 e. The summed E-state index contributed by atoms with van der Waals surface area (Å²) in [5.41, 5.74) is 6.79. The summed E-state index contributed by atoms with van der Waals surface area (Å²) in [6, 6.07) is 4.76. The fraction of sp³-hybridized carbons (Fsp3) is 0.308. The van der Waals surface area contributed by atoms with Crippen LogP contribution < -0.4 is 5.73 Å². The second-order valence-corrected chi connectivity index (χ2v) is 4.38. The zero-order chi connectivity index (χ0) is 12.4. The first-order valence-electron chi connectivity index (χ1n) is 5.63. The van der Waals surface area contributed by atoms with Crippen LogP contribution in [0.15, 0.2) is 30.6 Å². The van der Waals surface area contributed by atoms with Gasteiger partial charge in [0, 0.05) is 29.6 Å². The number of anilines is 1. The van der Waals surface area contributed by atoms with E-state index in [1.807, 2.05) is 10.8 Å². The Morgan fingerprint density at radius 3 is 2.82 bits per heavy atom. The molecule has 3 nitrogen and oxygen atoms in total. The Morgan fingerprint density at radius 1 is 1.41 bits per heavy atom. The first-order valence-corrected chi connectivity index (χ1v) is 5.63. The predicted molar refractivity (Wildman–Crippen MR) is 66.2 cm³/mol. The minimum absolute atomic E-state index is 0.270. The summed E-state index contributed by atoms with van der Waals surface area (Å²) in [6.07, 6.45) is 3.58. The van der Waals surface area contributed by atoms with Gasteiger partial charge in [-0.2, -0.15) is 0 Å². The highest BCUT2D eigenvalue weighted by Crippen LogP contribution is 2.19. The van der Waals surface area contributed by atoms with Gasteiger partial charge in [0.25, 0.3) is 0 Å². The van der Waals surface area contributed by atoms with Crippen molar-refractivity contribution in [2.45, 2.75) is 26.3 Å². The van der Waals surface area contributed by atoms with E-state index < -0.39 is 0 Å². The van der Waals surface area contributed by atoms with Gasteiger partial charge in [0.2, 0.25) is 0 Å². The molecule has 0 unspecified atom stereocenters. The van der Waals surface area contributed by atoms with Gasteiger partial charge in [-0.1, -0.05) is 19.9 Å². The standard InChI is InChI=1S/C13H16FN3/c1-9(2)13-16-6-7-17(13)8-10-11(14)4-3-5-12(10)15/h3-7,9H,8,15H2,1-2H3. The number of rotatable bonds is 3. The van der Waals surface area contributed by atoms with Crippen LogP contribution in [0.3, 0.4) is 0 Å². The topological polar surface area (TPSA) is 43.8 Å². The lowest BCUT2D eigenvalue weighted by Gasteiger charge is -2.12. The normalized spacial score (nSPS) is 11.1. The van der Waals surface area contributed by atoms with E-state index in [0.717, 1.165) is 5.82 Å². The molecule has 1 heterocycles. The van der Waals surface area contributed by atoms with Crippen LogP contribution in [-0.2, 0) is 6.54 Å². The van der Waals surface area contributed by atoms with E-state index >= 15 is 0 Å². The van der Waals surface area contributed by atoms with Crippen LogP contribution in [0.4, 0.5) is 10.1 Å². The van der Waals surface area contributed by atoms with E-state index in [1.54, 1.807) is 18.3 Å². The molecule has 90 valence electrons. The number of nitrogens with zero attached hydrogens (tertiary/aromatic N) is 2. The van der Waals surface area contributed by atoms with Crippen molar-refractivity contribution in [3.63, 3.8) is 0 Å². The quantitative estimate of drug-likeness (QED) is 0.828. The number of nitrogens with two attached hydrogens (primary N) is 1. The van der Waals surface area contributed by atoms with Crippen LogP contribution in [0.2, 0.25) is 0 Å².